The number of aromatic nitrogens is 1. The van der Waals surface area contributed by atoms with Gasteiger partial charge in [0.25, 0.3) is 0 Å². The average molecular weight is 545 g/mol. The fourth-order valence-corrected chi connectivity index (χ4v) is 5.02. The highest BCUT2D eigenvalue weighted by atomic mass is 35.5. The number of alkyl halides is 6. The minimum Gasteiger partial charge on any atom is -0.256 e. The van der Waals surface area contributed by atoms with Gasteiger partial charge in [-0.1, -0.05) is 41.9 Å². The molecule has 36 heavy (non-hydrogen) atoms. The van der Waals surface area contributed by atoms with Crippen LogP contribution in [0.25, 0.3) is 22.0 Å². The van der Waals surface area contributed by atoms with Crippen LogP contribution in [0, 0.1) is 0 Å². The molecule has 3 aromatic carbocycles. The zero-order valence-electron chi connectivity index (χ0n) is 18.0. The lowest BCUT2D eigenvalue weighted by Crippen LogP contribution is -2.23. The van der Waals surface area contributed by atoms with Crippen LogP contribution in [0.1, 0.15) is 16.7 Å². The average Bonchev–Trinajstić information content (AvgIpc) is 2.81. The third kappa shape index (κ3) is 5.32. The van der Waals surface area contributed by atoms with Gasteiger partial charge in [0.2, 0.25) is 10.0 Å². The Morgan fingerprint density at radius 3 is 2.19 bits per heavy atom. The Hall–Kier alpha value is -3.15. The lowest BCUT2D eigenvalue weighted by Gasteiger charge is -2.17. The lowest BCUT2D eigenvalue weighted by molar-refractivity contribution is -0.142. The number of hydrogen-bond acceptors (Lipinski definition) is 3. The molecule has 0 aliphatic rings. The van der Waals surface area contributed by atoms with Gasteiger partial charge in [0.1, 0.15) is 0 Å². The van der Waals surface area contributed by atoms with Crippen molar-refractivity contribution in [2.75, 3.05) is 0 Å². The Morgan fingerprint density at radius 2 is 1.53 bits per heavy atom. The number of rotatable bonds is 5. The second-order valence-electron chi connectivity index (χ2n) is 7.71. The van der Waals surface area contributed by atoms with Gasteiger partial charge in [-0.2, -0.15) is 26.3 Å². The van der Waals surface area contributed by atoms with Crippen molar-refractivity contribution in [2.45, 2.75) is 23.8 Å². The van der Waals surface area contributed by atoms with Crippen LogP contribution in [0.2, 0.25) is 5.02 Å². The first-order valence-electron chi connectivity index (χ1n) is 10.2. The van der Waals surface area contributed by atoms with E-state index in [9.17, 15) is 34.8 Å². The molecule has 0 unspecified atom stereocenters. The number of fused-ring (bicyclic) bond motifs is 1. The van der Waals surface area contributed by atoms with E-state index in [0.717, 1.165) is 23.6 Å². The Labute approximate surface area is 206 Å². The van der Waals surface area contributed by atoms with Crippen molar-refractivity contribution in [3.05, 3.63) is 94.6 Å². The summed E-state index contributed by atoms with van der Waals surface area (Å²) in [6, 6.07) is 12.9. The van der Waals surface area contributed by atoms with Crippen LogP contribution in [0.3, 0.4) is 0 Å². The summed E-state index contributed by atoms with van der Waals surface area (Å²) in [5.74, 6) is 0. The minimum absolute atomic E-state index is 0.00306. The third-order valence-corrected chi connectivity index (χ3v) is 7.10. The molecule has 4 rings (SSSR count). The van der Waals surface area contributed by atoms with E-state index < -0.39 is 39.1 Å². The van der Waals surface area contributed by atoms with Gasteiger partial charge in [0.15, 0.2) is 0 Å². The van der Waals surface area contributed by atoms with Crippen molar-refractivity contribution in [3.8, 4) is 11.1 Å². The fourth-order valence-electron chi connectivity index (χ4n) is 3.64. The summed E-state index contributed by atoms with van der Waals surface area (Å²) in [4.78, 5) is 3.88. The van der Waals surface area contributed by atoms with Crippen molar-refractivity contribution in [2.24, 2.45) is 0 Å². The molecule has 4 aromatic rings. The third-order valence-electron chi connectivity index (χ3n) is 5.39. The monoisotopic (exact) mass is 544 g/mol. The maximum atomic E-state index is 13.6. The summed E-state index contributed by atoms with van der Waals surface area (Å²) in [5, 5.41) is 0.357. The van der Waals surface area contributed by atoms with Crippen LogP contribution in [-0.2, 0) is 28.9 Å². The van der Waals surface area contributed by atoms with E-state index in [1.165, 1.54) is 6.20 Å². The van der Waals surface area contributed by atoms with Gasteiger partial charge < -0.3 is 0 Å². The van der Waals surface area contributed by atoms with E-state index in [4.69, 9.17) is 11.6 Å². The summed E-state index contributed by atoms with van der Waals surface area (Å²) in [7, 11) is -4.14. The first kappa shape index (κ1) is 25.9. The van der Waals surface area contributed by atoms with E-state index >= 15 is 0 Å². The van der Waals surface area contributed by atoms with Crippen LogP contribution < -0.4 is 4.72 Å². The number of benzene rings is 3. The van der Waals surface area contributed by atoms with Crippen molar-refractivity contribution >= 4 is 32.5 Å². The predicted octanol–water partition coefficient (Wildman–Crippen LogP) is 7.07. The van der Waals surface area contributed by atoms with E-state index in [0.29, 0.717) is 23.2 Å². The first-order valence-corrected chi connectivity index (χ1v) is 12.0. The molecule has 0 aliphatic carbocycles. The number of hydrogen-bond donors (Lipinski definition) is 1. The number of pyridine rings is 1. The Bertz CT molecular complexity index is 1550. The van der Waals surface area contributed by atoms with Gasteiger partial charge in [-0.15, -0.1) is 0 Å². The van der Waals surface area contributed by atoms with E-state index in [-0.39, 0.29) is 28.1 Å². The minimum atomic E-state index is -5.11. The highest BCUT2D eigenvalue weighted by Crippen LogP contribution is 2.43. The van der Waals surface area contributed by atoms with Crippen LogP contribution >= 0.6 is 11.6 Å². The van der Waals surface area contributed by atoms with Crippen LogP contribution in [0.4, 0.5) is 26.3 Å². The number of nitrogens with zero attached hydrogens (tertiary/aromatic N) is 1. The molecule has 4 nitrogen and oxygen atoms in total. The molecule has 0 saturated carbocycles. The van der Waals surface area contributed by atoms with E-state index in [2.05, 4.69) is 9.71 Å². The summed E-state index contributed by atoms with van der Waals surface area (Å²) in [6.45, 7) is -0.0954. The molecule has 188 valence electrons. The molecule has 0 fully saturated rings. The first-order chi connectivity index (χ1) is 16.8. The summed E-state index contributed by atoms with van der Waals surface area (Å²) in [5.41, 5.74) is -2.58. The van der Waals surface area contributed by atoms with Gasteiger partial charge in [-0.3, -0.25) is 4.98 Å². The SMILES string of the molecule is O=S(=O)(NCc1ccnc2ccccc12)c1ccc(-c2ccc(C(F)(F)F)cc2C(F)(F)F)c(Cl)c1. The summed E-state index contributed by atoms with van der Waals surface area (Å²) >= 11 is 6.13. The zero-order chi connectivity index (χ0) is 26.3. The molecule has 0 spiro atoms. The number of halogens is 7. The van der Waals surface area contributed by atoms with E-state index in [1.54, 1.807) is 30.3 Å². The van der Waals surface area contributed by atoms with Gasteiger partial charge in [0, 0.05) is 28.7 Å². The highest BCUT2D eigenvalue weighted by Gasteiger charge is 2.38. The molecule has 0 saturated heterocycles. The maximum Gasteiger partial charge on any atom is 0.417 e. The Kier molecular flexibility index (Phi) is 6.76. The topological polar surface area (TPSA) is 59.1 Å². The number of para-hydroxylation sites is 1. The standard InChI is InChI=1S/C24H15ClF6N2O2S/c25-21-12-16(36(34,35)33-13-14-9-10-32-22-4-2-1-3-17(14)22)6-8-19(21)18-7-5-15(23(26,27)28)11-20(18)24(29,30)31/h1-12,33H,13H2. The molecule has 0 aliphatic heterocycles. The zero-order valence-corrected chi connectivity index (χ0v) is 19.5. The second kappa shape index (κ2) is 9.38. The Morgan fingerprint density at radius 1 is 0.833 bits per heavy atom. The summed E-state index contributed by atoms with van der Waals surface area (Å²) < 4.78 is 108. The molecule has 0 amide bonds. The van der Waals surface area contributed by atoms with Gasteiger partial charge in [-0.05, 0) is 47.5 Å². The Balaban J connectivity index is 1.66. The molecule has 0 radical (unpaired) electrons. The summed E-state index contributed by atoms with van der Waals surface area (Å²) in [6.07, 6.45) is -8.56. The van der Waals surface area contributed by atoms with Crippen molar-refractivity contribution in [1.82, 2.24) is 9.71 Å². The molecule has 1 heterocycles. The molecule has 1 N–H and O–H groups in total. The lowest BCUT2D eigenvalue weighted by atomic mass is 9.97. The van der Waals surface area contributed by atoms with E-state index in [1.807, 2.05) is 0 Å². The van der Waals surface area contributed by atoms with Crippen molar-refractivity contribution in [1.29, 1.82) is 0 Å². The van der Waals surface area contributed by atoms with Crippen LogP contribution in [0.15, 0.2) is 77.8 Å². The maximum absolute atomic E-state index is 13.6. The number of sulfonamides is 1. The molecular weight excluding hydrogens is 530 g/mol. The van der Waals surface area contributed by atoms with Gasteiger partial charge in [0.05, 0.1) is 21.5 Å². The largest absolute Gasteiger partial charge is 0.417 e. The van der Waals surface area contributed by atoms with Gasteiger partial charge >= 0.3 is 12.4 Å². The number of nitrogens with one attached hydrogen (secondary N) is 1. The molecule has 0 bridgehead atoms. The quantitative estimate of drug-likeness (QED) is 0.273. The van der Waals surface area contributed by atoms with Crippen LogP contribution in [0.5, 0.6) is 0 Å². The molecular formula is C24H15ClF6N2O2S. The highest BCUT2D eigenvalue weighted by molar-refractivity contribution is 7.89. The molecule has 0 atom stereocenters. The van der Waals surface area contributed by atoms with Crippen LogP contribution in [-0.4, -0.2) is 13.4 Å². The smallest absolute Gasteiger partial charge is 0.256 e. The predicted molar refractivity (Wildman–Crippen MR) is 123 cm³/mol. The second-order valence-corrected chi connectivity index (χ2v) is 9.88. The van der Waals surface area contributed by atoms with Gasteiger partial charge in [-0.25, -0.2) is 13.1 Å². The van der Waals surface area contributed by atoms with Crippen molar-refractivity contribution < 1.29 is 34.8 Å². The fraction of sp³-hybridized carbons (Fsp3) is 0.125. The molecule has 1 aromatic heterocycles. The normalized spacial score (nSPS) is 12.8. The van der Waals surface area contributed by atoms with Crippen molar-refractivity contribution in [3.63, 3.8) is 0 Å². The molecule has 12 heteroatoms.